The Morgan fingerprint density at radius 1 is 1.30 bits per heavy atom. The summed E-state index contributed by atoms with van der Waals surface area (Å²) in [7, 11) is -1.95. The number of aryl methyl sites for hydroxylation is 3. The van der Waals surface area contributed by atoms with Gasteiger partial charge in [-0.15, -0.1) is 0 Å². The number of rotatable bonds is 7. The molecule has 6 nitrogen and oxygen atoms in total. The highest BCUT2D eigenvalue weighted by Gasteiger charge is 2.21. The number of nitrogens with zero attached hydrogens (tertiary/aromatic N) is 1. The summed E-state index contributed by atoms with van der Waals surface area (Å²) in [5.74, 6) is 0.775. The summed E-state index contributed by atoms with van der Waals surface area (Å²) in [6.07, 6.45) is 1.49. The van der Waals surface area contributed by atoms with Crippen LogP contribution in [-0.2, 0) is 22.9 Å². The number of hydrogen-bond donors (Lipinski definition) is 2. The highest BCUT2D eigenvalue weighted by Crippen LogP contribution is 2.21. The lowest BCUT2D eigenvalue weighted by atomic mass is 10.1. The minimum atomic E-state index is -3.57. The van der Waals surface area contributed by atoms with Crippen molar-refractivity contribution >= 4 is 10.0 Å². The number of aromatic amines is 1. The summed E-state index contributed by atoms with van der Waals surface area (Å²) < 4.78 is 32.8. The first-order valence-corrected chi connectivity index (χ1v) is 9.04. The maximum atomic E-state index is 12.4. The third-order valence-electron chi connectivity index (χ3n) is 3.77. The maximum absolute atomic E-state index is 12.4. The van der Waals surface area contributed by atoms with E-state index in [4.69, 9.17) is 4.74 Å². The van der Waals surface area contributed by atoms with Crippen LogP contribution in [0.2, 0.25) is 0 Å². The van der Waals surface area contributed by atoms with E-state index in [1.165, 1.54) is 5.56 Å². The van der Waals surface area contributed by atoms with Crippen LogP contribution in [0.4, 0.5) is 0 Å². The average molecular weight is 337 g/mol. The largest absolute Gasteiger partial charge is 0.496 e. The Hall–Kier alpha value is -1.86. The molecule has 0 radical (unpaired) electrons. The van der Waals surface area contributed by atoms with Crippen molar-refractivity contribution in [2.45, 2.75) is 38.5 Å². The zero-order valence-corrected chi connectivity index (χ0v) is 14.8. The fourth-order valence-electron chi connectivity index (χ4n) is 2.58. The normalized spacial score (nSPS) is 11.7. The first-order valence-electron chi connectivity index (χ1n) is 7.56. The second-order valence-electron chi connectivity index (χ2n) is 5.41. The number of sulfonamides is 1. The number of benzene rings is 1. The standard InChI is InChI=1S/C16H23N3O3S/c1-5-13-6-7-15(22-4)14(10-13)8-9-17-23(20,21)16-11(2)18-19-12(16)3/h6-7,10,17H,5,8-9H2,1-4H3,(H,18,19). The van der Waals surface area contributed by atoms with Crippen LogP contribution in [0.1, 0.15) is 29.4 Å². The van der Waals surface area contributed by atoms with E-state index in [0.29, 0.717) is 24.4 Å². The zero-order valence-electron chi connectivity index (χ0n) is 13.9. The van der Waals surface area contributed by atoms with Crippen molar-refractivity contribution in [3.8, 4) is 5.75 Å². The molecule has 0 saturated carbocycles. The predicted octanol–water partition coefficient (Wildman–Crippen LogP) is 2.12. The summed E-state index contributed by atoms with van der Waals surface area (Å²) in [6.45, 7) is 5.75. The fourth-order valence-corrected chi connectivity index (χ4v) is 3.97. The molecule has 2 N–H and O–H groups in total. The number of ether oxygens (including phenoxy) is 1. The molecule has 7 heteroatoms. The van der Waals surface area contributed by atoms with Crippen LogP contribution < -0.4 is 9.46 Å². The highest BCUT2D eigenvalue weighted by atomic mass is 32.2. The lowest BCUT2D eigenvalue weighted by Gasteiger charge is -2.11. The Labute approximate surface area is 137 Å². The predicted molar refractivity (Wildman–Crippen MR) is 89.3 cm³/mol. The van der Waals surface area contributed by atoms with Crippen molar-refractivity contribution in [2.75, 3.05) is 13.7 Å². The minimum Gasteiger partial charge on any atom is -0.496 e. The van der Waals surface area contributed by atoms with Gasteiger partial charge in [0, 0.05) is 6.54 Å². The Morgan fingerprint density at radius 3 is 2.61 bits per heavy atom. The molecule has 0 saturated heterocycles. The van der Waals surface area contributed by atoms with E-state index in [9.17, 15) is 8.42 Å². The van der Waals surface area contributed by atoms with E-state index in [1.807, 2.05) is 12.1 Å². The van der Waals surface area contributed by atoms with Crippen molar-refractivity contribution in [1.82, 2.24) is 14.9 Å². The molecule has 0 unspecified atom stereocenters. The van der Waals surface area contributed by atoms with E-state index in [0.717, 1.165) is 17.7 Å². The second-order valence-corrected chi connectivity index (χ2v) is 7.11. The minimum absolute atomic E-state index is 0.228. The van der Waals surface area contributed by atoms with E-state index in [1.54, 1.807) is 21.0 Å². The lowest BCUT2D eigenvalue weighted by Crippen LogP contribution is -2.27. The van der Waals surface area contributed by atoms with Crippen molar-refractivity contribution in [2.24, 2.45) is 0 Å². The van der Waals surface area contributed by atoms with Gasteiger partial charge >= 0.3 is 0 Å². The van der Waals surface area contributed by atoms with Crippen LogP contribution in [-0.4, -0.2) is 32.3 Å². The van der Waals surface area contributed by atoms with Crippen LogP contribution >= 0.6 is 0 Å². The van der Waals surface area contributed by atoms with E-state index < -0.39 is 10.0 Å². The molecule has 0 amide bonds. The lowest BCUT2D eigenvalue weighted by molar-refractivity contribution is 0.409. The summed E-state index contributed by atoms with van der Waals surface area (Å²) in [5.41, 5.74) is 3.21. The summed E-state index contributed by atoms with van der Waals surface area (Å²) in [5, 5.41) is 6.63. The zero-order chi connectivity index (χ0) is 17.0. The van der Waals surface area contributed by atoms with Gasteiger partial charge in [0.1, 0.15) is 10.6 Å². The number of hydrogen-bond acceptors (Lipinski definition) is 4. The molecule has 0 bridgehead atoms. The van der Waals surface area contributed by atoms with Gasteiger partial charge in [-0.25, -0.2) is 13.1 Å². The molecule has 0 aliphatic heterocycles. The van der Waals surface area contributed by atoms with Gasteiger partial charge in [-0.2, -0.15) is 5.10 Å². The number of H-pyrrole nitrogens is 1. The molecular formula is C16H23N3O3S. The van der Waals surface area contributed by atoms with E-state index in [2.05, 4.69) is 27.9 Å². The van der Waals surface area contributed by atoms with Gasteiger partial charge in [0.15, 0.2) is 0 Å². The van der Waals surface area contributed by atoms with Crippen molar-refractivity contribution < 1.29 is 13.2 Å². The van der Waals surface area contributed by atoms with Crippen LogP contribution in [0.5, 0.6) is 5.75 Å². The van der Waals surface area contributed by atoms with E-state index in [-0.39, 0.29) is 4.90 Å². The molecule has 23 heavy (non-hydrogen) atoms. The Morgan fingerprint density at radius 2 is 2.04 bits per heavy atom. The molecule has 1 heterocycles. The first kappa shape index (κ1) is 17.5. The van der Waals surface area contributed by atoms with Crippen molar-refractivity contribution in [3.63, 3.8) is 0 Å². The Bertz CT molecular complexity index is 762. The molecule has 2 aromatic rings. The van der Waals surface area contributed by atoms with Crippen LogP contribution in [0.3, 0.4) is 0 Å². The van der Waals surface area contributed by atoms with Gasteiger partial charge in [0.25, 0.3) is 0 Å². The molecule has 0 aliphatic carbocycles. The van der Waals surface area contributed by atoms with Gasteiger partial charge in [-0.1, -0.05) is 19.1 Å². The monoisotopic (exact) mass is 337 g/mol. The molecule has 0 atom stereocenters. The Balaban J connectivity index is 2.10. The quantitative estimate of drug-likeness (QED) is 0.810. The van der Waals surface area contributed by atoms with E-state index >= 15 is 0 Å². The third kappa shape index (κ3) is 3.92. The smallest absolute Gasteiger partial charge is 0.244 e. The van der Waals surface area contributed by atoms with Crippen molar-refractivity contribution in [3.05, 3.63) is 40.7 Å². The second kappa shape index (κ2) is 7.14. The maximum Gasteiger partial charge on any atom is 0.244 e. The molecule has 1 aromatic carbocycles. The van der Waals surface area contributed by atoms with Gasteiger partial charge in [-0.05, 0) is 43.9 Å². The van der Waals surface area contributed by atoms with Crippen LogP contribution in [0, 0.1) is 13.8 Å². The topological polar surface area (TPSA) is 84.1 Å². The van der Waals surface area contributed by atoms with Gasteiger partial charge in [0.05, 0.1) is 18.5 Å². The molecule has 126 valence electrons. The van der Waals surface area contributed by atoms with Gasteiger partial charge < -0.3 is 4.74 Å². The highest BCUT2D eigenvalue weighted by molar-refractivity contribution is 7.89. The molecule has 1 aromatic heterocycles. The van der Waals surface area contributed by atoms with Crippen molar-refractivity contribution in [1.29, 1.82) is 0 Å². The fraction of sp³-hybridized carbons (Fsp3) is 0.438. The van der Waals surface area contributed by atoms with Gasteiger partial charge in [-0.3, -0.25) is 5.10 Å². The van der Waals surface area contributed by atoms with Crippen LogP contribution in [0.25, 0.3) is 0 Å². The SMILES string of the molecule is CCc1ccc(OC)c(CCNS(=O)(=O)c2c(C)n[nH]c2C)c1. The number of aromatic nitrogens is 2. The number of methoxy groups -OCH3 is 1. The molecule has 0 aliphatic rings. The summed E-state index contributed by atoms with van der Waals surface area (Å²) in [4.78, 5) is 0.228. The molecule has 0 spiro atoms. The van der Waals surface area contributed by atoms with Gasteiger partial charge in [0.2, 0.25) is 10.0 Å². The van der Waals surface area contributed by atoms with Crippen LogP contribution in [0.15, 0.2) is 23.1 Å². The summed E-state index contributed by atoms with van der Waals surface area (Å²) in [6, 6.07) is 6.00. The number of nitrogens with one attached hydrogen (secondary N) is 2. The molecular weight excluding hydrogens is 314 g/mol. The molecule has 0 fully saturated rings. The third-order valence-corrected chi connectivity index (χ3v) is 5.49. The first-order chi connectivity index (χ1) is 10.9. The summed E-state index contributed by atoms with van der Waals surface area (Å²) >= 11 is 0. The average Bonchev–Trinajstić information content (AvgIpc) is 2.86. The molecule has 2 rings (SSSR count). The Kier molecular flexibility index (Phi) is 5.43.